The molecule has 8 N–H and O–H groups in total. The predicted octanol–water partition coefficient (Wildman–Crippen LogP) is 0.523. The lowest BCUT2D eigenvalue weighted by atomic mass is 9.55. The second-order valence-electron chi connectivity index (χ2n) is 12.6. The largest absolute Gasteiger partial charge is 0.509 e. The molecule has 0 bridgehead atoms. The molecular weight excluding hydrogens is 638 g/mol. The number of primary amides is 1. The van der Waals surface area contributed by atoms with Gasteiger partial charge in [0.05, 0.1) is 17.5 Å². The zero-order valence-electron chi connectivity index (χ0n) is 25.5. The number of esters is 1. The Hall–Kier alpha value is -4.12. The highest BCUT2D eigenvalue weighted by Crippen LogP contribution is 2.56. The number of amides is 1. The first-order valence-electron chi connectivity index (χ1n) is 15.1. The number of hydrogen-bond donors (Lipinski definition) is 6. The van der Waals surface area contributed by atoms with Crippen molar-refractivity contribution in [2.45, 2.75) is 66.9 Å². The Morgan fingerprint density at radius 1 is 1.13 bits per heavy atom. The van der Waals surface area contributed by atoms with Gasteiger partial charge >= 0.3 is 12.1 Å². The number of nitrogens with two attached hydrogens (primary N) is 2. The van der Waals surface area contributed by atoms with Gasteiger partial charge in [-0.05, 0) is 38.6 Å². The van der Waals surface area contributed by atoms with Crippen LogP contribution in [0.25, 0.3) is 5.76 Å². The summed E-state index contributed by atoms with van der Waals surface area (Å²) in [4.78, 5) is 66.5. The van der Waals surface area contributed by atoms with Crippen molar-refractivity contribution in [3.8, 4) is 5.75 Å². The van der Waals surface area contributed by atoms with Gasteiger partial charge in [0.1, 0.15) is 28.9 Å². The third-order valence-corrected chi connectivity index (χ3v) is 11.2. The van der Waals surface area contributed by atoms with Crippen LogP contribution in [0, 0.1) is 11.8 Å². The van der Waals surface area contributed by atoms with Gasteiger partial charge < -0.3 is 46.1 Å². The summed E-state index contributed by atoms with van der Waals surface area (Å²) in [6.45, 7) is 0. The standard InChI is InChI=1S/C31H35N3O12S/c1-34(2)22-20-26(45-15(36)9-4-3-8-14-25-13(10-47-14)44-30(42)46-25)17-18(23(37)16-11(21(17)32)6-5-7-12(16)35)27(39)31(20,43)28(40)19(24(22)38)29(33)41/h5-7,13-14,17,20-22,25-26,35,37,40,43H,3-4,8-10,32H2,1-2H3,(H2,33,41)/t13?,14?,17-,20+,21-,22-,25?,26-,31-/m0/s1. The number of ether oxygens (including phenoxy) is 3. The molecule has 1 aromatic rings. The zero-order chi connectivity index (χ0) is 34.1. The van der Waals surface area contributed by atoms with Crippen LogP contribution in [0.5, 0.6) is 5.75 Å². The summed E-state index contributed by atoms with van der Waals surface area (Å²) in [5, 5.41) is 45.4. The van der Waals surface area contributed by atoms with Gasteiger partial charge in [-0.3, -0.25) is 24.1 Å². The molecular formula is C31H35N3O12S. The highest BCUT2D eigenvalue weighted by molar-refractivity contribution is 8.00. The van der Waals surface area contributed by atoms with Gasteiger partial charge in [-0.1, -0.05) is 18.6 Å². The molecule has 3 unspecified atom stereocenters. The fraction of sp³-hybridized carbons (Fsp3) is 0.516. The number of thioether (sulfide) groups is 1. The van der Waals surface area contributed by atoms with Crippen LogP contribution in [-0.2, 0) is 33.4 Å². The van der Waals surface area contributed by atoms with Gasteiger partial charge in [-0.2, -0.15) is 11.8 Å². The molecule has 3 aliphatic carbocycles. The van der Waals surface area contributed by atoms with Gasteiger partial charge in [0.25, 0.3) is 5.91 Å². The Morgan fingerprint density at radius 3 is 2.53 bits per heavy atom. The van der Waals surface area contributed by atoms with E-state index in [0.717, 1.165) is 0 Å². The lowest BCUT2D eigenvalue weighted by Crippen LogP contribution is -2.71. The molecule has 1 aromatic carbocycles. The van der Waals surface area contributed by atoms with Crippen LogP contribution in [0.15, 0.2) is 35.1 Å². The number of phenolic OH excluding ortho intramolecular Hbond substituents is 1. The maximum absolute atomic E-state index is 14.2. The third-order valence-electron chi connectivity index (χ3n) is 9.76. The number of unbranched alkanes of at least 4 members (excludes halogenated alkanes) is 1. The molecule has 1 saturated carbocycles. The first-order valence-corrected chi connectivity index (χ1v) is 16.2. The summed E-state index contributed by atoms with van der Waals surface area (Å²) in [5.74, 6) is -9.42. The van der Waals surface area contributed by atoms with E-state index in [9.17, 15) is 44.4 Å². The number of fused-ring (bicyclic) bond motifs is 4. The van der Waals surface area contributed by atoms with E-state index in [1.165, 1.54) is 37.2 Å². The summed E-state index contributed by atoms with van der Waals surface area (Å²) in [6, 6.07) is 1.53. The number of hydrogen-bond acceptors (Lipinski definition) is 15. The number of benzene rings is 1. The summed E-state index contributed by atoms with van der Waals surface area (Å²) < 4.78 is 16.4. The molecule has 9 atom stereocenters. The minimum absolute atomic E-state index is 0.00228. The topological polar surface area (TPSA) is 249 Å². The molecule has 47 heavy (non-hydrogen) atoms. The Kier molecular flexibility index (Phi) is 8.27. The smallest absolute Gasteiger partial charge is 0.508 e. The summed E-state index contributed by atoms with van der Waals surface area (Å²) >= 11 is 1.61. The van der Waals surface area contributed by atoms with Crippen LogP contribution in [-0.4, -0.2) is 110 Å². The van der Waals surface area contributed by atoms with E-state index in [1.54, 1.807) is 11.8 Å². The average molecular weight is 674 g/mol. The van der Waals surface area contributed by atoms with Gasteiger partial charge in [-0.25, -0.2) is 4.79 Å². The Morgan fingerprint density at radius 2 is 1.85 bits per heavy atom. The van der Waals surface area contributed by atoms with Crippen LogP contribution in [0.3, 0.4) is 0 Å². The number of nitrogens with zero attached hydrogens (tertiary/aromatic N) is 1. The van der Waals surface area contributed by atoms with E-state index in [2.05, 4.69) is 0 Å². The normalized spacial score (nSPS) is 34.4. The number of phenols is 1. The molecule has 1 amide bonds. The fourth-order valence-electron chi connectivity index (χ4n) is 7.67. The Bertz CT molecular complexity index is 1640. The molecule has 3 fully saturated rings. The van der Waals surface area contributed by atoms with Crippen molar-refractivity contribution in [3.63, 3.8) is 0 Å². The van der Waals surface area contributed by atoms with E-state index in [1.807, 2.05) is 0 Å². The molecule has 0 spiro atoms. The quantitative estimate of drug-likeness (QED) is 0.125. The summed E-state index contributed by atoms with van der Waals surface area (Å²) in [7, 11) is 2.87. The second kappa shape index (κ2) is 11.8. The van der Waals surface area contributed by atoms with E-state index in [0.29, 0.717) is 25.0 Å². The third kappa shape index (κ3) is 4.96. The van der Waals surface area contributed by atoms with E-state index < -0.39 is 93.6 Å². The number of aliphatic hydroxyl groups is 3. The number of rotatable bonds is 8. The van der Waals surface area contributed by atoms with Crippen molar-refractivity contribution in [1.82, 2.24) is 4.90 Å². The van der Waals surface area contributed by atoms with Crippen molar-refractivity contribution in [2.24, 2.45) is 23.3 Å². The van der Waals surface area contributed by atoms with Crippen molar-refractivity contribution in [3.05, 3.63) is 46.2 Å². The first-order chi connectivity index (χ1) is 22.2. The lowest BCUT2D eigenvalue weighted by molar-refractivity contribution is -0.185. The molecule has 15 nitrogen and oxygen atoms in total. The summed E-state index contributed by atoms with van der Waals surface area (Å²) in [5.41, 5.74) is 7.48. The van der Waals surface area contributed by atoms with Gasteiger partial charge in [0.2, 0.25) is 5.78 Å². The average Bonchev–Trinajstić information content (AvgIpc) is 3.55. The van der Waals surface area contributed by atoms with E-state index in [4.69, 9.17) is 25.7 Å². The minimum Gasteiger partial charge on any atom is -0.508 e. The number of aromatic hydroxyl groups is 1. The van der Waals surface area contributed by atoms with Crippen molar-refractivity contribution in [2.75, 3.05) is 19.8 Å². The molecule has 0 radical (unpaired) electrons. The molecule has 0 aromatic heterocycles. The van der Waals surface area contributed by atoms with Crippen LogP contribution >= 0.6 is 11.8 Å². The number of aliphatic hydroxyl groups excluding tert-OH is 2. The fourth-order valence-corrected chi connectivity index (χ4v) is 9.12. The molecule has 252 valence electrons. The number of Topliss-reactive ketones (excluding diaryl/α,β-unsaturated/α-hetero) is 2. The lowest BCUT2D eigenvalue weighted by Gasteiger charge is -2.54. The maximum atomic E-state index is 14.2. The van der Waals surface area contributed by atoms with Gasteiger partial charge in [-0.15, -0.1) is 0 Å². The first kappa shape index (κ1) is 32.8. The number of ketones is 2. The monoisotopic (exact) mass is 673 g/mol. The Labute approximate surface area is 272 Å². The van der Waals surface area contributed by atoms with Crippen molar-refractivity contribution < 1.29 is 58.6 Å². The van der Waals surface area contributed by atoms with Crippen molar-refractivity contribution >= 4 is 47.1 Å². The van der Waals surface area contributed by atoms with Gasteiger partial charge in [0, 0.05) is 35.0 Å². The van der Waals surface area contributed by atoms with Gasteiger partial charge in [0.15, 0.2) is 23.6 Å². The number of likely N-dealkylation sites (N-methyl/N-ethyl adjacent to an activating group) is 1. The van der Waals surface area contributed by atoms with Crippen LogP contribution in [0.2, 0.25) is 0 Å². The number of carbonyl (C=O) groups is 5. The molecule has 2 heterocycles. The van der Waals surface area contributed by atoms with Crippen LogP contribution in [0.1, 0.15) is 42.9 Å². The number of carbonyl (C=O) groups excluding carboxylic acids is 5. The molecule has 5 aliphatic rings. The molecule has 16 heteroatoms. The van der Waals surface area contributed by atoms with E-state index in [-0.39, 0.29) is 35.0 Å². The highest BCUT2D eigenvalue weighted by atomic mass is 32.2. The summed E-state index contributed by atoms with van der Waals surface area (Å²) in [6.07, 6.45) is -1.56. The van der Waals surface area contributed by atoms with Crippen LogP contribution in [0.4, 0.5) is 4.79 Å². The molecule has 2 aliphatic heterocycles. The SMILES string of the molecule is CN(C)[C@@H]1C(=O)C(C(N)=O)=C(O)[C@@]2(O)C(=O)C3=C(O)c4c(O)cccc4[C@H](N)[C@H]3[C@H](OC(=O)CCCCC3SCC4OC(=O)OC43)[C@@H]12. The minimum atomic E-state index is -3.06. The van der Waals surface area contributed by atoms with Crippen LogP contribution < -0.4 is 11.5 Å². The predicted molar refractivity (Wildman–Crippen MR) is 163 cm³/mol. The zero-order valence-corrected chi connectivity index (χ0v) is 26.3. The second-order valence-corrected chi connectivity index (χ2v) is 13.9. The highest BCUT2D eigenvalue weighted by Gasteiger charge is 2.69. The Balaban J connectivity index is 1.35. The molecule has 2 saturated heterocycles. The molecule has 6 rings (SSSR count). The van der Waals surface area contributed by atoms with Crippen molar-refractivity contribution in [1.29, 1.82) is 0 Å². The van der Waals surface area contributed by atoms with E-state index >= 15 is 0 Å². The maximum Gasteiger partial charge on any atom is 0.509 e.